The molecule has 1 aromatic heterocycles. The quantitative estimate of drug-likeness (QED) is 0.800. The number of nitrogens with one attached hydrogen (secondary N) is 1. The molecule has 4 nitrogen and oxygen atoms in total. The Kier molecular flexibility index (Phi) is 3.44. The van der Waals surface area contributed by atoms with Crippen LogP contribution in [0.5, 0.6) is 0 Å². The van der Waals surface area contributed by atoms with Gasteiger partial charge in [0, 0.05) is 5.56 Å². The number of para-hydroxylation sites is 2. The molecule has 0 aliphatic carbocycles. The number of benzene rings is 2. The summed E-state index contributed by atoms with van der Waals surface area (Å²) in [6, 6.07) is 13.2. The molecule has 0 bridgehead atoms. The van der Waals surface area contributed by atoms with Gasteiger partial charge in [0.25, 0.3) is 5.91 Å². The van der Waals surface area contributed by atoms with Crippen LogP contribution >= 0.6 is 0 Å². The molecule has 0 saturated heterocycles. The van der Waals surface area contributed by atoms with Gasteiger partial charge in [0.05, 0.1) is 6.54 Å². The number of amides is 1. The van der Waals surface area contributed by atoms with E-state index in [0.717, 1.165) is 16.7 Å². The molecule has 0 unspecified atom stereocenters. The molecule has 0 radical (unpaired) electrons. The second kappa shape index (κ2) is 5.40. The lowest BCUT2D eigenvalue weighted by molar-refractivity contribution is 0.0947. The first-order valence-electron chi connectivity index (χ1n) is 6.83. The van der Waals surface area contributed by atoms with Gasteiger partial charge >= 0.3 is 0 Å². The highest BCUT2D eigenvalue weighted by atomic mass is 16.3. The molecular weight excluding hydrogens is 264 g/mol. The Bertz CT molecular complexity index is 772. The Balaban J connectivity index is 1.71. The minimum atomic E-state index is -0.125. The van der Waals surface area contributed by atoms with Gasteiger partial charge in [-0.15, -0.1) is 0 Å². The smallest absolute Gasteiger partial charge is 0.251 e. The molecule has 0 atom stereocenters. The van der Waals surface area contributed by atoms with E-state index >= 15 is 0 Å². The standard InChI is InChI=1S/C17H16N2O2/c1-11-7-8-13(9-12(11)2)17(20)18-10-16-19-14-5-3-4-6-15(14)21-16/h3-9H,10H2,1-2H3,(H,18,20). The van der Waals surface area contributed by atoms with E-state index < -0.39 is 0 Å². The van der Waals surface area contributed by atoms with Crippen LogP contribution in [-0.4, -0.2) is 10.9 Å². The van der Waals surface area contributed by atoms with E-state index in [1.54, 1.807) is 0 Å². The van der Waals surface area contributed by atoms with Crippen LogP contribution < -0.4 is 5.32 Å². The molecule has 106 valence electrons. The Labute approximate surface area is 122 Å². The Morgan fingerprint density at radius 3 is 2.71 bits per heavy atom. The van der Waals surface area contributed by atoms with Crippen LogP contribution in [0.4, 0.5) is 0 Å². The zero-order valence-corrected chi connectivity index (χ0v) is 12.0. The fourth-order valence-corrected chi connectivity index (χ4v) is 2.14. The number of nitrogens with zero attached hydrogens (tertiary/aromatic N) is 1. The molecule has 3 rings (SSSR count). The second-order valence-electron chi connectivity index (χ2n) is 5.06. The van der Waals surface area contributed by atoms with Gasteiger partial charge in [-0.25, -0.2) is 4.98 Å². The summed E-state index contributed by atoms with van der Waals surface area (Å²) < 4.78 is 5.57. The molecule has 0 aliphatic heterocycles. The minimum absolute atomic E-state index is 0.125. The van der Waals surface area contributed by atoms with Crippen molar-refractivity contribution >= 4 is 17.0 Å². The highest BCUT2D eigenvalue weighted by Crippen LogP contribution is 2.15. The summed E-state index contributed by atoms with van der Waals surface area (Å²) in [7, 11) is 0. The van der Waals surface area contributed by atoms with Gasteiger partial charge in [0.2, 0.25) is 5.89 Å². The van der Waals surface area contributed by atoms with Crippen LogP contribution in [0, 0.1) is 13.8 Å². The average molecular weight is 280 g/mol. The molecule has 1 N–H and O–H groups in total. The van der Waals surface area contributed by atoms with Crippen molar-refractivity contribution in [1.82, 2.24) is 10.3 Å². The van der Waals surface area contributed by atoms with Crippen LogP contribution in [0.1, 0.15) is 27.4 Å². The average Bonchev–Trinajstić information content (AvgIpc) is 2.90. The van der Waals surface area contributed by atoms with E-state index in [1.807, 2.05) is 56.3 Å². The Morgan fingerprint density at radius 1 is 1.14 bits per heavy atom. The van der Waals surface area contributed by atoms with Gasteiger partial charge in [-0.3, -0.25) is 4.79 Å². The minimum Gasteiger partial charge on any atom is -0.439 e. The van der Waals surface area contributed by atoms with Crippen molar-refractivity contribution in [1.29, 1.82) is 0 Å². The monoisotopic (exact) mass is 280 g/mol. The van der Waals surface area contributed by atoms with Crippen LogP contribution in [0.3, 0.4) is 0 Å². The van der Waals surface area contributed by atoms with Gasteiger partial charge < -0.3 is 9.73 Å². The number of carbonyl (C=O) groups excluding carboxylic acids is 1. The molecule has 1 heterocycles. The first kappa shape index (κ1) is 13.4. The Hall–Kier alpha value is -2.62. The van der Waals surface area contributed by atoms with Gasteiger partial charge in [0.15, 0.2) is 5.58 Å². The van der Waals surface area contributed by atoms with E-state index in [0.29, 0.717) is 11.5 Å². The van der Waals surface area contributed by atoms with E-state index in [-0.39, 0.29) is 12.5 Å². The normalized spacial score (nSPS) is 10.8. The second-order valence-corrected chi connectivity index (χ2v) is 5.06. The summed E-state index contributed by atoms with van der Waals surface area (Å²) in [4.78, 5) is 16.4. The number of fused-ring (bicyclic) bond motifs is 1. The fraction of sp³-hybridized carbons (Fsp3) is 0.176. The number of carbonyl (C=O) groups is 1. The van der Waals surface area contributed by atoms with Gasteiger partial charge in [-0.1, -0.05) is 18.2 Å². The predicted octanol–water partition coefficient (Wildman–Crippen LogP) is 3.37. The van der Waals surface area contributed by atoms with Crippen molar-refractivity contribution in [3.8, 4) is 0 Å². The van der Waals surface area contributed by atoms with Gasteiger partial charge in [-0.2, -0.15) is 0 Å². The number of oxazole rings is 1. The molecule has 4 heteroatoms. The number of aromatic nitrogens is 1. The van der Waals surface area contributed by atoms with Crippen LogP contribution in [-0.2, 0) is 6.54 Å². The SMILES string of the molecule is Cc1ccc(C(=O)NCc2nc3ccccc3o2)cc1C. The third-order valence-electron chi connectivity index (χ3n) is 3.51. The zero-order chi connectivity index (χ0) is 14.8. The number of hydrogen-bond acceptors (Lipinski definition) is 3. The van der Waals surface area contributed by atoms with Crippen molar-refractivity contribution in [3.63, 3.8) is 0 Å². The molecule has 0 aliphatic rings. The van der Waals surface area contributed by atoms with E-state index in [4.69, 9.17) is 4.42 Å². The lowest BCUT2D eigenvalue weighted by Gasteiger charge is -2.05. The lowest BCUT2D eigenvalue weighted by atomic mass is 10.1. The first-order valence-corrected chi connectivity index (χ1v) is 6.83. The van der Waals surface area contributed by atoms with Crippen molar-refractivity contribution in [3.05, 3.63) is 65.0 Å². The number of aryl methyl sites for hydroxylation is 2. The van der Waals surface area contributed by atoms with Crippen molar-refractivity contribution in [2.75, 3.05) is 0 Å². The lowest BCUT2D eigenvalue weighted by Crippen LogP contribution is -2.23. The van der Waals surface area contributed by atoms with Gasteiger partial charge in [-0.05, 0) is 49.2 Å². The number of rotatable bonds is 3. The summed E-state index contributed by atoms with van der Waals surface area (Å²) in [6.45, 7) is 4.29. The molecule has 0 fully saturated rings. The topological polar surface area (TPSA) is 55.1 Å². The third-order valence-corrected chi connectivity index (χ3v) is 3.51. The maximum absolute atomic E-state index is 12.1. The summed E-state index contributed by atoms with van der Waals surface area (Å²) in [5.41, 5.74) is 4.45. The van der Waals surface area contributed by atoms with E-state index in [2.05, 4.69) is 10.3 Å². The molecular formula is C17H16N2O2. The molecule has 1 amide bonds. The molecule has 0 saturated carbocycles. The van der Waals surface area contributed by atoms with Crippen molar-refractivity contribution in [2.24, 2.45) is 0 Å². The van der Waals surface area contributed by atoms with E-state index in [1.165, 1.54) is 5.56 Å². The predicted molar refractivity (Wildman–Crippen MR) is 81.1 cm³/mol. The maximum Gasteiger partial charge on any atom is 0.251 e. The third kappa shape index (κ3) is 2.79. The molecule has 0 spiro atoms. The Morgan fingerprint density at radius 2 is 1.95 bits per heavy atom. The van der Waals surface area contributed by atoms with Crippen LogP contribution in [0.2, 0.25) is 0 Å². The van der Waals surface area contributed by atoms with Crippen LogP contribution in [0.25, 0.3) is 11.1 Å². The molecule has 3 aromatic rings. The molecule has 2 aromatic carbocycles. The van der Waals surface area contributed by atoms with E-state index in [9.17, 15) is 4.79 Å². The fourth-order valence-electron chi connectivity index (χ4n) is 2.14. The first-order chi connectivity index (χ1) is 10.1. The highest BCUT2D eigenvalue weighted by molar-refractivity contribution is 5.94. The van der Waals surface area contributed by atoms with Crippen molar-refractivity contribution in [2.45, 2.75) is 20.4 Å². The summed E-state index contributed by atoms with van der Waals surface area (Å²) >= 11 is 0. The summed E-state index contributed by atoms with van der Waals surface area (Å²) in [6.07, 6.45) is 0. The highest BCUT2D eigenvalue weighted by Gasteiger charge is 2.09. The number of hydrogen-bond donors (Lipinski definition) is 1. The maximum atomic E-state index is 12.1. The summed E-state index contributed by atoms with van der Waals surface area (Å²) in [5, 5.41) is 2.83. The van der Waals surface area contributed by atoms with Gasteiger partial charge in [0.1, 0.15) is 5.52 Å². The summed E-state index contributed by atoms with van der Waals surface area (Å²) in [5.74, 6) is 0.383. The largest absolute Gasteiger partial charge is 0.439 e. The van der Waals surface area contributed by atoms with Crippen LogP contribution in [0.15, 0.2) is 46.9 Å². The molecule has 21 heavy (non-hydrogen) atoms. The zero-order valence-electron chi connectivity index (χ0n) is 12.0. The van der Waals surface area contributed by atoms with Crippen molar-refractivity contribution < 1.29 is 9.21 Å².